The van der Waals surface area contributed by atoms with Crippen LogP contribution in [0.4, 0.5) is 11.4 Å². The van der Waals surface area contributed by atoms with Gasteiger partial charge >= 0.3 is 5.97 Å². The monoisotopic (exact) mass is 358 g/mol. The third kappa shape index (κ3) is 3.40. The average molecular weight is 358 g/mol. The fourth-order valence-corrected chi connectivity index (χ4v) is 3.35. The standard InChI is InChI=1S/C18H22N4O4/c1-9-13(7-8-14(20-9)16-15(19)10(2)22-26-16)21-17(23)11-5-3-4-6-12(11)18(24)25/h7-8,11-12H,3-6,19H2,1-2H3,(H,21,23)(H,24,25)/t11-,12-/m0/s1. The summed E-state index contributed by atoms with van der Waals surface area (Å²) >= 11 is 0. The van der Waals surface area contributed by atoms with E-state index in [0.29, 0.717) is 47.1 Å². The lowest BCUT2D eigenvalue weighted by Gasteiger charge is -2.27. The van der Waals surface area contributed by atoms with Crippen LogP contribution in [0.3, 0.4) is 0 Å². The summed E-state index contributed by atoms with van der Waals surface area (Å²) in [5, 5.41) is 16.0. The van der Waals surface area contributed by atoms with Gasteiger partial charge in [-0.05, 0) is 38.8 Å². The van der Waals surface area contributed by atoms with Crippen molar-refractivity contribution in [3.8, 4) is 11.5 Å². The molecule has 3 rings (SSSR count). The predicted octanol–water partition coefficient (Wildman–Crippen LogP) is 2.77. The molecule has 2 heterocycles. The van der Waals surface area contributed by atoms with E-state index in [4.69, 9.17) is 10.3 Å². The van der Waals surface area contributed by atoms with E-state index in [9.17, 15) is 14.7 Å². The van der Waals surface area contributed by atoms with Gasteiger partial charge in [0.05, 0.1) is 23.2 Å². The largest absolute Gasteiger partial charge is 0.481 e. The minimum Gasteiger partial charge on any atom is -0.481 e. The van der Waals surface area contributed by atoms with Crippen molar-refractivity contribution in [1.82, 2.24) is 10.1 Å². The number of anilines is 2. The van der Waals surface area contributed by atoms with Gasteiger partial charge in [-0.15, -0.1) is 0 Å². The van der Waals surface area contributed by atoms with Crippen LogP contribution in [0.25, 0.3) is 11.5 Å². The highest BCUT2D eigenvalue weighted by atomic mass is 16.5. The number of carboxylic acid groups (broad SMARTS) is 1. The second-order valence-electron chi connectivity index (χ2n) is 6.67. The number of carbonyl (C=O) groups is 2. The molecule has 1 saturated carbocycles. The third-order valence-corrected chi connectivity index (χ3v) is 4.90. The molecule has 0 unspecified atom stereocenters. The molecule has 1 aliphatic carbocycles. The Morgan fingerprint density at radius 1 is 1.19 bits per heavy atom. The zero-order valence-corrected chi connectivity index (χ0v) is 14.8. The first-order valence-corrected chi connectivity index (χ1v) is 8.62. The maximum absolute atomic E-state index is 12.6. The molecule has 2 aromatic rings. The topological polar surface area (TPSA) is 131 Å². The number of rotatable bonds is 4. The quantitative estimate of drug-likeness (QED) is 0.765. The van der Waals surface area contributed by atoms with Gasteiger partial charge in [-0.2, -0.15) is 0 Å². The van der Waals surface area contributed by atoms with E-state index < -0.39 is 17.8 Å². The van der Waals surface area contributed by atoms with E-state index in [0.717, 1.165) is 12.8 Å². The van der Waals surface area contributed by atoms with Gasteiger partial charge in [-0.3, -0.25) is 9.59 Å². The number of aliphatic carboxylic acids is 1. The lowest BCUT2D eigenvalue weighted by atomic mass is 9.78. The highest BCUT2D eigenvalue weighted by Crippen LogP contribution is 2.32. The molecule has 0 aliphatic heterocycles. The smallest absolute Gasteiger partial charge is 0.307 e. The second-order valence-corrected chi connectivity index (χ2v) is 6.67. The van der Waals surface area contributed by atoms with Crippen LogP contribution in [-0.2, 0) is 9.59 Å². The molecule has 0 aromatic carbocycles. The fourth-order valence-electron chi connectivity index (χ4n) is 3.35. The minimum absolute atomic E-state index is 0.273. The molecule has 1 aliphatic rings. The fraction of sp³-hybridized carbons (Fsp3) is 0.444. The Labute approximate surface area is 150 Å². The summed E-state index contributed by atoms with van der Waals surface area (Å²) in [7, 11) is 0. The second kappa shape index (κ2) is 7.15. The van der Waals surface area contributed by atoms with Crippen molar-refractivity contribution in [3.63, 3.8) is 0 Å². The van der Waals surface area contributed by atoms with Crippen molar-refractivity contribution >= 4 is 23.3 Å². The van der Waals surface area contributed by atoms with Crippen LogP contribution >= 0.6 is 0 Å². The number of nitrogens with two attached hydrogens (primary N) is 1. The van der Waals surface area contributed by atoms with Crippen LogP contribution in [-0.4, -0.2) is 27.1 Å². The number of hydrogen-bond donors (Lipinski definition) is 3. The maximum Gasteiger partial charge on any atom is 0.307 e. The van der Waals surface area contributed by atoms with Gasteiger partial charge < -0.3 is 20.7 Å². The number of carboxylic acids is 1. The minimum atomic E-state index is -0.911. The molecule has 0 radical (unpaired) electrons. The predicted molar refractivity (Wildman–Crippen MR) is 95.3 cm³/mol. The van der Waals surface area contributed by atoms with E-state index in [2.05, 4.69) is 15.5 Å². The van der Waals surface area contributed by atoms with Crippen molar-refractivity contribution < 1.29 is 19.2 Å². The van der Waals surface area contributed by atoms with Crippen molar-refractivity contribution in [1.29, 1.82) is 0 Å². The van der Waals surface area contributed by atoms with E-state index >= 15 is 0 Å². The molecule has 8 nitrogen and oxygen atoms in total. The Morgan fingerprint density at radius 3 is 2.46 bits per heavy atom. The Kier molecular flexibility index (Phi) is 4.92. The van der Waals surface area contributed by atoms with E-state index in [1.54, 1.807) is 26.0 Å². The van der Waals surface area contributed by atoms with Crippen molar-refractivity contribution in [2.24, 2.45) is 11.8 Å². The number of nitrogen functional groups attached to an aromatic ring is 1. The first-order chi connectivity index (χ1) is 12.4. The van der Waals surface area contributed by atoms with Gasteiger partial charge in [-0.25, -0.2) is 4.98 Å². The molecule has 0 bridgehead atoms. The summed E-state index contributed by atoms with van der Waals surface area (Å²) in [6.07, 6.45) is 2.82. The zero-order chi connectivity index (χ0) is 18.8. The van der Waals surface area contributed by atoms with Gasteiger partial charge in [0.25, 0.3) is 0 Å². The Morgan fingerprint density at radius 2 is 1.88 bits per heavy atom. The summed E-state index contributed by atoms with van der Waals surface area (Å²) in [5.74, 6) is -1.95. The number of aryl methyl sites for hydroxylation is 2. The van der Waals surface area contributed by atoms with Crippen molar-refractivity contribution in [2.45, 2.75) is 39.5 Å². The number of amides is 1. The number of nitrogens with zero attached hydrogens (tertiary/aromatic N) is 2. The van der Waals surface area contributed by atoms with E-state index in [1.165, 1.54) is 0 Å². The Hall–Kier alpha value is -2.90. The van der Waals surface area contributed by atoms with Crippen molar-refractivity contribution in [3.05, 3.63) is 23.5 Å². The third-order valence-electron chi connectivity index (χ3n) is 4.90. The average Bonchev–Trinajstić information content (AvgIpc) is 2.95. The van der Waals surface area contributed by atoms with Crippen LogP contribution in [0.5, 0.6) is 0 Å². The maximum atomic E-state index is 12.6. The van der Waals surface area contributed by atoms with Crippen LogP contribution in [0.1, 0.15) is 37.1 Å². The van der Waals surface area contributed by atoms with Gasteiger partial charge in [0, 0.05) is 0 Å². The highest BCUT2D eigenvalue weighted by molar-refractivity contribution is 5.95. The van der Waals surface area contributed by atoms with E-state index in [1.807, 2.05) is 0 Å². The molecule has 0 saturated heterocycles. The van der Waals surface area contributed by atoms with Gasteiger partial charge in [0.1, 0.15) is 17.1 Å². The molecule has 1 fully saturated rings. The molecule has 26 heavy (non-hydrogen) atoms. The summed E-state index contributed by atoms with van der Waals surface area (Å²) < 4.78 is 5.20. The molecule has 1 amide bonds. The lowest BCUT2D eigenvalue weighted by Crippen LogP contribution is -2.36. The van der Waals surface area contributed by atoms with Crippen molar-refractivity contribution in [2.75, 3.05) is 11.1 Å². The molecular formula is C18H22N4O4. The summed E-state index contributed by atoms with van der Waals surface area (Å²) in [4.78, 5) is 28.4. The van der Waals surface area contributed by atoms with E-state index in [-0.39, 0.29) is 5.91 Å². The first kappa shape index (κ1) is 17.9. The first-order valence-electron chi connectivity index (χ1n) is 8.62. The summed E-state index contributed by atoms with van der Waals surface area (Å²) in [6.45, 7) is 3.50. The SMILES string of the molecule is Cc1nc(-c2onc(C)c2N)ccc1NC(=O)[C@H]1CCCC[C@@H]1C(=O)O. The number of hydrogen-bond acceptors (Lipinski definition) is 6. The summed E-state index contributed by atoms with van der Waals surface area (Å²) in [5.41, 5.74) is 8.61. The molecule has 8 heteroatoms. The number of pyridine rings is 1. The van der Waals surface area contributed by atoms with Gasteiger partial charge in [0.15, 0.2) is 0 Å². The Balaban J connectivity index is 1.79. The number of carbonyl (C=O) groups excluding carboxylic acids is 1. The van der Waals surface area contributed by atoms with Crippen LogP contribution in [0, 0.1) is 25.7 Å². The van der Waals surface area contributed by atoms with Crippen LogP contribution in [0.15, 0.2) is 16.7 Å². The number of aromatic nitrogens is 2. The highest BCUT2D eigenvalue weighted by Gasteiger charge is 2.35. The van der Waals surface area contributed by atoms with Gasteiger partial charge in [-0.1, -0.05) is 18.0 Å². The molecule has 0 spiro atoms. The molecule has 2 atom stereocenters. The van der Waals surface area contributed by atoms with Crippen LogP contribution < -0.4 is 11.1 Å². The normalized spacial score (nSPS) is 19.9. The zero-order valence-electron chi connectivity index (χ0n) is 14.8. The number of nitrogens with one attached hydrogen (secondary N) is 1. The molecular weight excluding hydrogens is 336 g/mol. The van der Waals surface area contributed by atoms with Gasteiger partial charge in [0.2, 0.25) is 11.7 Å². The lowest BCUT2D eigenvalue weighted by molar-refractivity contribution is -0.147. The molecule has 2 aromatic heterocycles. The molecule has 4 N–H and O–H groups in total. The Bertz CT molecular complexity index is 846. The summed E-state index contributed by atoms with van der Waals surface area (Å²) in [6, 6.07) is 3.40. The molecule has 138 valence electrons. The van der Waals surface area contributed by atoms with Crippen LogP contribution in [0.2, 0.25) is 0 Å².